The SMILES string of the molecule is CC1CCCC2C1CCC1(C)OC(C3=CCO[CH-]3)CC21.CNCc1cccc(Cl)c1.[U]. The number of nitrogens with one attached hydrogen (secondary N) is 1. The number of hydrogen-bond acceptors (Lipinski definition) is 3. The average Bonchev–Trinajstić information content (AvgIpc) is 3.36. The van der Waals surface area contributed by atoms with Crippen molar-refractivity contribution in [3.8, 4) is 0 Å². The predicted octanol–water partition coefficient (Wildman–Crippen LogP) is 6.17. The summed E-state index contributed by atoms with van der Waals surface area (Å²) in [5, 5.41) is 3.85. The molecule has 1 N–H and O–H groups in total. The molecule has 2 aliphatic carbocycles. The van der Waals surface area contributed by atoms with E-state index >= 15 is 0 Å². The van der Waals surface area contributed by atoms with Gasteiger partial charge in [0.1, 0.15) is 0 Å². The monoisotopic (exact) mass is 668 g/mol. The van der Waals surface area contributed by atoms with E-state index in [-0.39, 0.29) is 36.7 Å². The molecule has 6 atom stereocenters. The normalized spacial score (nSPS) is 36.1. The van der Waals surface area contributed by atoms with Crippen LogP contribution < -0.4 is 5.32 Å². The molecule has 2 saturated carbocycles. The van der Waals surface area contributed by atoms with Crippen molar-refractivity contribution in [3.05, 3.63) is 53.1 Å². The first-order valence-electron chi connectivity index (χ1n) is 11.7. The van der Waals surface area contributed by atoms with Gasteiger partial charge in [0.05, 0.1) is 11.7 Å². The fraction of sp³-hybridized carbons (Fsp3) is 0.654. The summed E-state index contributed by atoms with van der Waals surface area (Å²) in [5.41, 5.74) is 2.64. The number of fused-ring (bicyclic) bond motifs is 3. The molecule has 1 aromatic carbocycles. The van der Waals surface area contributed by atoms with E-state index in [4.69, 9.17) is 21.1 Å². The molecule has 170 valence electrons. The predicted molar refractivity (Wildman–Crippen MR) is 123 cm³/mol. The molecule has 3 fully saturated rings. The van der Waals surface area contributed by atoms with Crippen molar-refractivity contribution in [3.63, 3.8) is 0 Å². The molecule has 0 spiro atoms. The molecule has 0 amide bonds. The molecule has 0 bridgehead atoms. The zero-order valence-corrected chi connectivity index (χ0v) is 24.1. The summed E-state index contributed by atoms with van der Waals surface area (Å²) in [6.07, 6.45) is 10.7. The van der Waals surface area contributed by atoms with Crippen LogP contribution in [0.5, 0.6) is 0 Å². The van der Waals surface area contributed by atoms with Crippen LogP contribution >= 0.6 is 11.6 Å². The molecule has 31 heavy (non-hydrogen) atoms. The zero-order valence-electron chi connectivity index (χ0n) is 19.2. The van der Waals surface area contributed by atoms with Crippen LogP contribution in [0, 0.1) is 61.4 Å². The van der Waals surface area contributed by atoms with Gasteiger partial charge in [0, 0.05) is 42.7 Å². The number of halogens is 1. The first-order chi connectivity index (χ1) is 14.5. The molecule has 4 aliphatic rings. The van der Waals surface area contributed by atoms with Crippen LogP contribution in [0.4, 0.5) is 0 Å². The first kappa shape index (κ1) is 25.7. The summed E-state index contributed by atoms with van der Waals surface area (Å²) < 4.78 is 11.9. The van der Waals surface area contributed by atoms with Crippen molar-refractivity contribution >= 4 is 11.6 Å². The molecule has 5 heteroatoms. The molecular weight excluding hydrogens is 632 g/mol. The van der Waals surface area contributed by atoms with Crippen molar-refractivity contribution < 1.29 is 40.6 Å². The van der Waals surface area contributed by atoms with Gasteiger partial charge in [0.25, 0.3) is 0 Å². The van der Waals surface area contributed by atoms with E-state index in [2.05, 4.69) is 25.2 Å². The quantitative estimate of drug-likeness (QED) is 0.391. The molecule has 6 unspecified atom stereocenters. The maximum atomic E-state index is 6.54. The third-order valence-electron chi connectivity index (χ3n) is 7.91. The Kier molecular flexibility index (Phi) is 9.49. The Morgan fingerprint density at radius 3 is 2.77 bits per heavy atom. The van der Waals surface area contributed by atoms with Gasteiger partial charge in [-0.05, 0) is 87.6 Å². The summed E-state index contributed by atoms with van der Waals surface area (Å²) in [5.74, 6) is 3.56. The maximum absolute atomic E-state index is 6.54. The van der Waals surface area contributed by atoms with Crippen LogP contribution in [0.3, 0.4) is 0 Å². The van der Waals surface area contributed by atoms with E-state index < -0.39 is 0 Å². The number of hydrogen-bond donors (Lipinski definition) is 1. The van der Waals surface area contributed by atoms with Gasteiger partial charge in [0.2, 0.25) is 0 Å². The first-order valence-corrected chi connectivity index (χ1v) is 12.1. The standard InChI is InChI=1S/C18H27O2.C8H10ClN.U/c1-12-4-3-5-15-14(12)6-8-18(2)16(15)10-17(20-18)13-7-9-19-11-13;1-10-6-7-3-2-4-8(9)5-7;/h7,11-12,14-17H,3-6,8-10H2,1-2H3;2-5,10H,6H2,1H3;/q-1;;. The summed E-state index contributed by atoms with van der Waals surface area (Å²) in [6, 6.07) is 7.83. The van der Waals surface area contributed by atoms with Gasteiger partial charge in [-0.1, -0.05) is 43.5 Å². The fourth-order valence-electron chi connectivity index (χ4n) is 6.39. The van der Waals surface area contributed by atoms with Crippen LogP contribution in [0.15, 0.2) is 35.9 Å². The Bertz CT molecular complexity index is 757. The Morgan fingerprint density at radius 2 is 2.06 bits per heavy atom. The van der Waals surface area contributed by atoms with E-state index in [1.165, 1.54) is 49.7 Å². The zero-order chi connectivity index (χ0) is 21.1. The van der Waals surface area contributed by atoms with E-state index in [1.807, 2.05) is 37.9 Å². The third kappa shape index (κ3) is 5.95. The maximum Gasteiger partial charge on any atom is 0.0693 e. The molecule has 1 aromatic rings. The smallest absolute Gasteiger partial charge is 0.0693 e. The second-order valence-corrected chi connectivity index (χ2v) is 10.3. The largest absolute Gasteiger partial charge is 0.456 e. The van der Waals surface area contributed by atoms with E-state index in [1.54, 1.807) is 0 Å². The Morgan fingerprint density at radius 1 is 1.23 bits per heavy atom. The van der Waals surface area contributed by atoms with Crippen LogP contribution in [0.2, 0.25) is 5.02 Å². The summed E-state index contributed by atoms with van der Waals surface area (Å²) in [4.78, 5) is 0. The molecule has 0 radical (unpaired) electrons. The van der Waals surface area contributed by atoms with Gasteiger partial charge in [0.15, 0.2) is 0 Å². The number of benzene rings is 1. The van der Waals surface area contributed by atoms with E-state index in [0.717, 1.165) is 41.8 Å². The van der Waals surface area contributed by atoms with Crippen LogP contribution in [-0.2, 0) is 16.0 Å². The van der Waals surface area contributed by atoms with Gasteiger partial charge < -0.3 is 14.8 Å². The van der Waals surface area contributed by atoms with Crippen molar-refractivity contribution in [2.45, 2.75) is 70.6 Å². The Hall–Kier alpha value is 0.0519. The molecule has 5 rings (SSSR count). The second kappa shape index (κ2) is 11.5. The summed E-state index contributed by atoms with van der Waals surface area (Å²) >= 11 is 5.75. The van der Waals surface area contributed by atoms with Crippen LogP contribution in [-0.4, -0.2) is 25.4 Å². The molecule has 0 aromatic heterocycles. The van der Waals surface area contributed by atoms with E-state index in [9.17, 15) is 0 Å². The van der Waals surface area contributed by atoms with Crippen molar-refractivity contribution in [1.82, 2.24) is 5.32 Å². The number of rotatable bonds is 3. The molecular formula is C26H37ClNO2U-. The topological polar surface area (TPSA) is 30.5 Å². The minimum atomic E-state index is 0. The Labute approximate surface area is 217 Å². The number of ether oxygens (including phenoxy) is 2. The molecule has 3 nitrogen and oxygen atoms in total. The van der Waals surface area contributed by atoms with Crippen molar-refractivity contribution in [2.75, 3.05) is 13.7 Å². The average molecular weight is 669 g/mol. The summed E-state index contributed by atoms with van der Waals surface area (Å²) in [7, 11) is 1.92. The Balaban J connectivity index is 0.000000212. The third-order valence-corrected chi connectivity index (χ3v) is 8.14. The molecule has 2 aliphatic heterocycles. The molecule has 1 saturated heterocycles. The van der Waals surface area contributed by atoms with Gasteiger partial charge in [-0.3, -0.25) is 0 Å². The molecule has 2 heterocycles. The minimum Gasteiger partial charge on any atom is -0.456 e. The van der Waals surface area contributed by atoms with Gasteiger partial charge in [-0.25, -0.2) is 0 Å². The summed E-state index contributed by atoms with van der Waals surface area (Å²) in [6.45, 7) is 8.39. The fourth-order valence-corrected chi connectivity index (χ4v) is 6.60. The van der Waals surface area contributed by atoms with Gasteiger partial charge >= 0.3 is 0 Å². The van der Waals surface area contributed by atoms with Gasteiger partial charge in [-0.2, -0.15) is 11.6 Å². The minimum absolute atomic E-state index is 0. The van der Waals surface area contributed by atoms with E-state index in [0.29, 0.717) is 6.10 Å². The van der Waals surface area contributed by atoms with Crippen LogP contribution in [0.1, 0.15) is 57.9 Å². The van der Waals surface area contributed by atoms with Crippen molar-refractivity contribution in [1.29, 1.82) is 0 Å². The van der Waals surface area contributed by atoms with Gasteiger partial charge in [-0.15, -0.1) is 6.61 Å². The van der Waals surface area contributed by atoms with Crippen LogP contribution in [0.25, 0.3) is 0 Å². The van der Waals surface area contributed by atoms with Crippen molar-refractivity contribution in [2.24, 2.45) is 23.7 Å². The second-order valence-electron chi connectivity index (χ2n) is 9.85.